The summed E-state index contributed by atoms with van der Waals surface area (Å²) in [5.41, 5.74) is -0.830. The number of ether oxygens (including phenoxy) is 1. The summed E-state index contributed by atoms with van der Waals surface area (Å²) >= 11 is 2.13. The third-order valence-corrected chi connectivity index (χ3v) is 5.64. The first kappa shape index (κ1) is 22.4. The van der Waals surface area contributed by atoms with Crippen molar-refractivity contribution in [3.05, 3.63) is 62.1 Å². The van der Waals surface area contributed by atoms with Crippen molar-refractivity contribution in [2.75, 3.05) is 4.72 Å². The number of rotatable bonds is 6. The van der Waals surface area contributed by atoms with Crippen LogP contribution >= 0.6 is 22.6 Å². The third kappa shape index (κ3) is 6.33. The number of pyridine rings is 1. The third-order valence-electron chi connectivity index (χ3n) is 3.68. The van der Waals surface area contributed by atoms with Gasteiger partial charge in [-0.2, -0.15) is 0 Å². The average Bonchev–Trinajstić information content (AvgIpc) is 2.56. The Kier molecular flexibility index (Phi) is 6.92. The molecule has 0 radical (unpaired) electrons. The number of anilines is 1. The topological polar surface area (TPSA) is 94.5 Å². The molecule has 0 saturated carbocycles. The molecule has 0 fully saturated rings. The van der Waals surface area contributed by atoms with Crippen LogP contribution in [0.4, 0.5) is 5.69 Å². The lowest BCUT2D eigenvalue weighted by Crippen LogP contribution is -2.34. The van der Waals surface area contributed by atoms with Gasteiger partial charge >= 0.3 is 5.97 Å². The maximum Gasteiger partial charge on any atom is 0.329 e. The highest BCUT2D eigenvalue weighted by atomic mass is 127. The van der Waals surface area contributed by atoms with Gasteiger partial charge in [-0.3, -0.25) is 14.1 Å². The van der Waals surface area contributed by atoms with Crippen molar-refractivity contribution in [2.24, 2.45) is 0 Å². The summed E-state index contributed by atoms with van der Waals surface area (Å²) in [6, 6.07) is 9.03. The molecule has 0 bridgehead atoms. The highest BCUT2D eigenvalue weighted by Gasteiger charge is 2.24. The Balaban J connectivity index is 2.23. The summed E-state index contributed by atoms with van der Waals surface area (Å²) in [7, 11) is -3.80. The van der Waals surface area contributed by atoms with E-state index in [0.717, 1.165) is 8.14 Å². The molecule has 9 heteroatoms. The zero-order valence-corrected chi connectivity index (χ0v) is 19.1. The summed E-state index contributed by atoms with van der Waals surface area (Å²) < 4.78 is 34.7. The minimum absolute atomic E-state index is 0.122. The molecule has 0 aliphatic carbocycles. The molecule has 1 aromatic heterocycles. The van der Waals surface area contributed by atoms with Crippen LogP contribution in [0.25, 0.3) is 0 Å². The Bertz CT molecular complexity index is 1010. The number of nitrogens with zero attached hydrogens (tertiary/aromatic N) is 1. The van der Waals surface area contributed by atoms with Gasteiger partial charge in [0.05, 0.1) is 5.75 Å². The number of esters is 1. The van der Waals surface area contributed by atoms with Gasteiger partial charge in [0, 0.05) is 9.77 Å². The van der Waals surface area contributed by atoms with E-state index in [1.54, 1.807) is 32.9 Å². The molecule has 0 saturated heterocycles. The van der Waals surface area contributed by atoms with Crippen LogP contribution in [0.15, 0.2) is 47.4 Å². The van der Waals surface area contributed by atoms with Gasteiger partial charge in [-0.1, -0.05) is 12.1 Å². The SMILES string of the molecule is CC(C(=O)OC(C)(C)C)n1cccc(NS(=O)(=O)Cc2ccc(I)cc2)c1=O. The number of halogens is 1. The first-order valence-electron chi connectivity index (χ1n) is 8.57. The molecule has 1 aromatic carbocycles. The summed E-state index contributed by atoms with van der Waals surface area (Å²) in [6.45, 7) is 6.72. The van der Waals surface area contributed by atoms with Gasteiger partial charge in [0.15, 0.2) is 0 Å². The van der Waals surface area contributed by atoms with Gasteiger partial charge < -0.3 is 4.74 Å². The standard InChI is InChI=1S/C19H23IN2O5S/c1-13(18(24)27-19(2,3)4)22-11-5-6-16(17(22)23)21-28(25,26)12-14-7-9-15(20)10-8-14/h5-11,13,21H,12H2,1-4H3. The van der Waals surface area contributed by atoms with Crippen LogP contribution in [-0.4, -0.2) is 24.6 Å². The second kappa shape index (κ2) is 8.64. The lowest BCUT2D eigenvalue weighted by Gasteiger charge is -2.23. The van der Waals surface area contributed by atoms with Crippen molar-refractivity contribution in [1.29, 1.82) is 0 Å². The van der Waals surface area contributed by atoms with Crippen molar-refractivity contribution in [1.82, 2.24) is 4.57 Å². The first-order valence-corrected chi connectivity index (χ1v) is 11.3. The predicted molar refractivity (Wildman–Crippen MR) is 117 cm³/mol. The first-order chi connectivity index (χ1) is 12.9. The summed E-state index contributed by atoms with van der Waals surface area (Å²) in [5.74, 6) is -0.839. The van der Waals surface area contributed by atoms with Crippen LogP contribution in [-0.2, 0) is 25.3 Å². The number of hydrogen-bond donors (Lipinski definition) is 1. The largest absolute Gasteiger partial charge is 0.458 e. The molecule has 0 spiro atoms. The Morgan fingerprint density at radius 3 is 2.39 bits per heavy atom. The van der Waals surface area contributed by atoms with Gasteiger partial charge in [0.25, 0.3) is 5.56 Å². The number of sulfonamides is 1. The number of aromatic nitrogens is 1. The highest BCUT2D eigenvalue weighted by Crippen LogP contribution is 2.16. The van der Waals surface area contributed by atoms with Gasteiger partial charge in [-0.05, 0) is 80.1 Å². The fourth-order valence-electron chi connectivity index (χ4n) is 2.40. The molecule has 2 aromatic rings. The van der Waals surface area contributed by atoms with E-state index in [4.69, 9.17) is 4.74 Å². The molecule has 28 heavy (non-hydrogen) atoms. The van der Waals surface area contributed by atoms with E-state index in [9.17, 15) is 18.0 Å². The van der Waals surface area contributed by atoms with E-state index in [0.29, 0.717) is 5.56 Å². The van der Waals surface area contributed by atoms with Crippen molar-refractivity contribution >= 4 is 44.3 Å². The van der Waals surface area contributed by atoms with Crippen molar-refractivity contribution in [3.8, 4) is 0 Å². The van der Waals surface area contributed by atoms with Crippen LogP contribution < -0.4 is 10.3 Å². The zero-order chi connectivity index (χ0) is 21.1. The van der Waals surface area contributed by atoms with E-state index in [2.05, 4.69) is 27.3 Å². The smallest absolute Gasteiger partial charge is 0.329 e. The summed E-state index contributed by atoms with van der Waals surface area (Å²) in [6.07, 6.45) is 1.42. The second-order valence-corrected chi connectivity index (χ2v) is 10.3. The van der Waals surface area contributed by atoms with E-state index >= 15 is 0 Å². The second-order valence-electron chi connectivity index (χ2n) is 7.33. The molecule has 0 aliphatic rings. The lowest BCUT2D eigenvalue weighted by molar-refractivity contribution is -0.158. The van der Waals surface area contributed by atoms with Crippen LogP contribution in [0.3, 0.4) is 0 Å². The minimum Gasteiger partial charge on any atom is -0.458 e. The number of carbonyl (C=O) groups is 1. The molecule has 1 unspecified atom stereocenters. The number of carbonyl (C=O) groups excluding carboxylic acids is 1. The lowest BCUT2D eigenvalue weighted by atomic mass is 10.2. The van der Waals surface area contributed by atoms with Gasteiger partial charge in [0.1, 0.15) is 17.3 Å². The molecular formula is C19H23IN2O5S. The quantitative estimate of drug-likeness (QED) is 0.468. The molecule has 7 nitrogen and oxygen atoms in total. The fourth-order valence-corrected chi connectivity index (χ4v) is 3.95. The van der Waals surface area contributed by atoms with Crippen molar-refractivity contribution in [2.45, 2.75) is 45.1 Å². The zero-order valence-electron chi connectivity index (χ0n) is 16.1. The van der Waals surface area contributed by atoms with Crippen LogP contribution in [0.1, 0.15) is 39.3 Å². The molecular weight excluding hydrogens is 495 g/mol. The molecule has 1 N–H and O–H groups in total. The van der Waals surface area contributed by atoms with Gasteiger partial charge in [0.2, 0.25) is 10.0 Å². The molecule has 2 rings (SSSR count). The number of nitrogens with one attached hydrogen (secondary N) is 1. The van der Waals surface area contributed by atoms with Crippen LogP contribution in [0, 0.1) is 3.57 Å². The van der Waals surface area contributed by atoms with Gasteiger partial charge in [-0.25, -0.2) is 13.2 Å². The van der Waals surface area contributed by atoms with Gasteiger partial charge in [-0.15, -0.1) is 0 Å². The summed E-state index contributed by atoms with van der Waals surface area (Å²) in [5, 5.41) is 0. The van der Waals surface area contributed by atoms with E-state index < -0.39 is 33.2 Å². The monoisotopic (exact) mass is 518 g/mol. The van der Waals surface area contributed by atoms with E-state index in [1.165, 1.54) is 25.3 Å². The molecule has 0 amide bonds. The average molecular weight is 518 g/mol. The Hall–Kier alpha value is -1.88. The Morgan fingerprint density at radius 2 is 1.82 bits per heavy atom. The van der Waals surface area contributed by atoms with Crippen molar-refractivity contribution in [3.63, 3.8) is 0 Å². The molecule has 1 heterocycles. The minimum atomic E-state index is -3.80. The van der Waals surface area contributed by atoms with E-state index in [1.807, 2.05) is 12.1 Å². The number of benzene rings is 1. The van der Waals surface area contributed by atoms with E-state index in [-0.39, 0.29) is 11.4 Å². The highest BCUT2D eigenvalue weighted by molar-refractivity contribution is 14.1. The molecule has 152 valence electrons. The predicted octanol–water partition coefficient (Wildman–Crippen LogP) is 3.30. The Labute approximate surface area is 178 Å². The maximum absolute atomic E-state index is 12.7. The number of hydrogen-bond acceptors (Lipinski definition) is 5. The normalized spacial score (nSPS) is 13.0. The summed E-state index contributed by atoms with van der Waals surface area (Å²) in [4.78, 5) is 24.9. The Morgan fingerprint density at radius 1 is 1.21 bits per heavy atom. The van der Waals surface area contributed by atoms with Crippen LogP contribution in [0.5, 0.6) is 0 Å². The molecule has 1 atom stereocenters. The fraction of sp³-hybridized carbons (Fsp3) is 0.368. The molecule has 0 aliphatic heterocycles. The maximum atomic E-state index is 12.7. The van der Waals surface area contributed by atoms with Crippen LogP contribution in [0.2, 0.25) is 0 Å². The van der Waals surface area contributed by atoms with Crippen molar-refractivity contribution < 1.29 is 17.9 Å².